The second-order valence-electron chi connectivity index (χ2n) is 17.1. The van der Waals surface area contributed by atoms with Gasteiger partial charge in [-0.2, -0.15) is 0 Å². The summed E-state index contributed by atoms with van der Waals surface area (Å²) >= 11 is 1.89. The summed E-state index contributed by atoms with van der Waals surface area (Å²) in [5.74, 6) is 0. The van der Waals surface area contributed by atoms with Gasteiger partial charge in [0.05, 0.1) is 0 Å². The van der Waals surface area contributed by atoms with E-state index in [2.05, 4.69) is 214 Å². The monoisotopic (exact) mass is 774 g/mol. The molecule has 1 aromatic heterocycles. The van der Waals surface area contributed by atoms with Gasteiger partial charge in [-0.15, -0.1) is 11.3 Å². The van der Waals surface area contributed by atoms with Gasteiger partial charge in [0.2, 0.25) is 0 Å². The van der Waals surface area contributed by atoms with Crippen LogP contribution in [0.2, 0.25) is 0 Å². The minimum absolute atomic E-state index is 0.0506. The maximum Gasteiger partial charge on any atom is 0.198 e. The van der Waals surface area contributed by atoms with Gasteiger partial charge < -0.3 is 10.2 Å². The number of hydrogen-bond donors (Lipinski definition) is 1. The summed E-state index contributed by atoms with van der Waals surface area (Å²) in [5.41, 5.74) is 16.1. The molecular formula is C55H43BN2S. The smallest absolute Gasteiger partial charge is 0.198 e. The molecule has 0 atom stereocenters. The molecule has 1 aliphatic heterocycles. The van der Waals surface area contributed by atoms with Crippen molar-refractivity contribution >= 4 is 99.7 Å². The lowest BCUT2D eigenvalue weighted by Gasteiger charge is -2.37. The fourth-order valence-corrected chi connectivity index (χ4v) is 10.4. The van der Waals surface area contributed by atoms with Crippen LogP contribution in [0.15, 0.2) is 176 Å². The fourth-order valence-electron chi connectivity index (χ4n) is 9.25. The Morgan fingerprint density at radius 2 is 1.20 bits per heavy atom. The average Bonchev–Trinajstić information content (AvgIpc) is 3.62. The number of nitrogens with zero attached hydrogens (tertiary/aromatic N) is 1. The molecular weight excluding hydrogens is 731 g/mol. The maximum atomic E-state index is 3.93. The van der Waals surface area contributed by atoms with Gasteiger partial charge in [-0.3, -0.25) is 0 Å². The van der Waals surface area contributed by atoms with Crippen LogP contribution >= 0.6 is 11.3 Å². The first kappa shape index (κ1) is 35.5. The predicted octanol–water partition coefficient (Wildman–Crippen LogP) is 14.2. The molecule has 282 valence electrons. The topological polar surface area (TPSA) is 15.3 Å². The molecule has 2 nitrogen and oxygen atoms in total. The number of rotatable bonds is 5. The molecule has 11 rings (SSSR count). The molecule has 9 aromatic carbocycles. The predicted molar refractivity (Wildman–Crippen MR) is 259 cm³/mol. The van der Waals surface area contributed by atoms with Crippen molar-refractivity contribution in [3.8, 4) is 22.3 Å². The Labute approximate surface area is 350 Å². The summed E-state index contributed by atoms with van der Waals surface area (Å²) < 4.78 is 2.65. The minimum atomic E-state index is 0.0506. The zero-order valence-electron chi connectivity index (χ0n) is 33.8. The number of thiophene rings is 1. The van der Waals surface area contributed by atoms with Gasteiger partial charge >= 0.3 is 0 Å². The summed E-state index contributed by atoms with van der Waals surface area (Å²) in [6, 6.07) is 65.3. The summed E-state index contributed by atoms with van der Waals surface area (Å²) in [6.07, 6.45) is 0. The van der Waals surface area contributed by atoms with Gasteiger partial charge in [0.25, 0.3) is 0 Å². The van der Waals surface area contributed by atoms with E-state index in [1.165, 1.54) is 103 Å². The van der Waals surface area contributed by atoms with E-state index in [0.717, 1.165) is 18.7 Å². The normalized spacial score (nSPS) is 12.5. The molecule has 0 fully saturated rings. The van der Waals surface area contributed by atoms with E-state index in [4.69, 9.17) is 0 Å². The van der Waals surface area contributed by atoms with Crippen molar-refractivity contribution in [2.45, 2.75) is 33.1 Å². The second-order valence-corrected chi connectivity index (χ2v) is 18.2. The number of nitrogens with one attached hydrogen (secondary N) is 1. The van der Waals surface area contributed by atoms with Crippen LogP contribution in [0.5, 0.6) is 0 Å². The standard InChI is InChI=1S/C55H43BN2S/c1-34-28-40(55(2,3)4)24-27-48(34)58-49-33-52-44(43-20-12-13-21-51(43)59-52)32-46(49)56-54-50(58)31-39-18-10-11-19-42(39)53(54)45-29-37-16-8-9-17-38(37)30-47(45)57-41-25-22-36(23-26-41)35-14-6-5-7-15-35/h5-33,56-57H,1-4H3. The van der Waals surface area contributed by atoms with Gasteiger partial charge in [-0.05, 0) is 121 Å². The van der Waals surface area contributed by atoms with E-state index in [-0.39, 0.29) is 5.41 Å². The highest BCUT2D eigenvalue weighted by Crippen LogP contribution is 2.46. The van der Waals surface area contributed by atoms with Crippen LogP contribution < -0.4 is 21.1 Å². The van der Waals surface area contributed by atoms with Crippen molar-refractivity contribution in [3.63, 3.8) is 0 Å². The summed E-state index contributed by atoms with van der Waals surface area (Å²) in [6.45, 7) is 9.19. The molecule has 1 N–H and O–H groups in total. The fraction of sp³-hybridized carbons (Fsp3) is 0.0909. The molecule has 2 heterocycles. The van der Waals surface area contributed by atoms with Crippen LogP contribution in [0.4, 0.5) is 28.4 Å². The molecule has 0 unspecified atom stereocenters. The first-order valence-electron chi connectivity index (χ1n) is 20.6. The van der Waals surface area contributed by atoms with Crippen LogP contribution in [-0.4, -0.2) is 7.28 Å². The van der Waals surface area contributed by atoms with Gasteiger partial charge in [-0.25, -0.2) is 0 Å². The Kier molecular flexibility index (Phi) is 8.29. The third-order valence-corrected chi connectivity index (χ3v) is 13.4. The van der Waals surface area contributed by atoms with E-state index in [0.29, 0.717) is 0 Å². The zero-order valence-corrected chi connectivity index (χ0v) is 34.6. The van der Waals surface area contributed by atoms with E-state index in [9.17, 15) is 0 Å². The third kappa shape index (κ3) is 6.10. The van der Waals surface area contributed by atoms with Gasteiger partial charge in [0, 0.05) is 48.8 Å². The molecule has 59 heavy (non-hydrogen) atoms. The second kappa shape index (κ2) is 13.8. The van der Waals surface area contributed by atoms with Crippen LogP contribution in [0.25, 0.3) is 64.0 Å². The third-order valence-electron chi connectivity index (χ3n) is 12.3. The maximum absolute atomic E-state index is 3.93. The van der Waals surface area contributed by atoms with Crippen molar-refractivity contribution in [1.82, 2.24) is 0 Å². The highest BCUT2D eigenvalue weighted by molar-refractivity contribution is 7.25. The molecule has 10 aromatic rings. The SMILES string of the molecule is Cc1cc(C(C)(C)C)ccc1N1c2cc3sc4ccccc4c3cc2Bc2c1cc1ccccc1c2-c1cc2ccccc2cc1Nc1ccc(-c2ccccc2)cc1. The number of fused-ring (bicyclic) bond motifs is 7. The zero-order chi connectivity index (χ0) is 39.8. The highest BCUT2D eigenvalue weighted by Gasteiger charge is 2.31. The lowest BCUT2D eigenvalue weighted by Crippen LogP contribution is -2.41. The first-order valence-corrected chi connectivity index (χ1v) is 21.4. The van der Waals surface area contributed by atoms with Crippen molar-refractivity contribution < 1.29 is 0 Å². The molecule has 0 radical (unpaired) electrons. The van der Waals surface area contributed by atoms with Crippen molar-refractivity contribution in [2.24, 2.45) is 0 Å². The molecule has 0 saturated heterocycles. The minimum Gasteiger partial charge on any atom is -0.355 e. The van der Waals surface area contributed by atoms with Gasteiger partial charge in [0.1, 0.15) is 0 Å². The molecule has 0 bridgehead atoms. The lowest BCUT2D eigenvalue weighted by molar-refractivity contribution is 0.590. The van der Waals surface area contributed by atoms with Crippen LogP contribution in [-0.2, 0) is 5.41 Å². The molecule has 0 spiro atoms. The van der Waals surface area contributed by atoms with Gasteiger partial charge in [-0.1, -0.05) is 154 Å². The van der Waals surface area contributed by atoms with E-state index >= 15 is 0 Å². The molecule has 0 saturated carbocycles. The summed E-state index contributed by atoms with van der Waals surface area (Å²) in [5, 5.41) is 11.5. The molecule has 1 aliphatic rings. The Bertz CT molecular complexity index is 3270. The van der Waals surface area contributed by atoms with Crippen LogP contribution in [0.3, 0.4) is 0 Å². The van der Waals surface area contributed by atoms with E-state index < -0.39 is 0 Å². The van der Waals surface area contributed by atoms with Crippen molar-refractivity contribution in [3.05, 3.63) is 187 Å². The molecule has 0 aliphatic carbocycles. The Morgan fingerprint density at radius 3 is 1.97 bits per heavy atom. The molecule has 4 heteroatoms. The Hall–Kier alpha value is -6.62. The summed E-state index contributed by atoms with van der Waals surface area (Å²) in [7, 11) is 0.818. The van der Waals surface area contributed by atoms with Crippen LogP contribution in [0, 0.1) is 6.92 Å². The van der Waals surface area contributed by atoms with E-state index in [1.807, 2.05) is 11.3 Å². The average molecular weight is 775 g/mol. The lowest BCUT2D eigenvalue weighted by atomic mass is 9.57. The van der Waals surface area contributed by atoms with E-state index in [1.54, 1.807) is 0 Å². The Morgan fingerprint density at radius 1 is 0.525 bits per heavy atom. The highest BCUT2D eigenvalue weighted by atomic mass is 32.1. The van der Waals surface area contributed by atoms with Crippen LogP contribution in [0.1, 0.15) is 31.9 Å². The first-order chi connectivity index (χ1) is 28.8. The van der Waals surface area contributed by atoms with Crippen molar-refractivity contribution in [2.75, 3.05) is 10.2 Å². The largest absolute Gasteiger partial charge is 0.355 e. The van der Waals surface area contributed by atoms with Gasteiger partial charge in [0.15, 0.2) is 7.28 Å². The van der Waals surface area contributed by atoms with Crippen molar-refractivity contribution in [1.29, 1.82) is 0 Å². The quantitative estimate of drug-likeness (QED) is 0.175. The number of aryl methyl sites for hydroxylation is 1. The number of anilines is 5. The Balaban J connectivity index is 1.17. The number of hydrogen-bond acceptors (Lipinski definition) is 3. The molecule has 0 amide bonds. The number of benzene rings is 9. The summed E-state index contributed by atoms with van der Waals surface area (Å²) in [4.78, 5) is 2.58.